The normalized spacial score (nSPS) is 10.4. The van der Waals surface area contributed by atoms with Crippen molar-refractivity contribution in [2.24, 2.45) is 7.05 Å². The Labute approximate surface area is 123 Å². The van der Waals surface area contributed by atoms with E-state index in [1.54, 1.807) is 47.1 Å². The van der Waals surface area contributed by atoms with Crippen LogP contribution in [0, 0.1) is 6.92 Å². The highest BCUT2D eigenvalue weighted by molar-refractivity contribution is 6.30. The van der Waals surface area contributed by atoms with E-state index < -0.39 is 0 Å². The first-order valence-electron chi connectivity index (χ1n) is 6.22. The second-order valence-corrected chi connectivity index (χ2v) is 5.11. The zero-order valence-corrected chi connectivity index (χ0v) is 12.5. The molecule has 0 spiro atoms. The fourth-order valence-corrected chi connectivity index (χ4v) is 1.90. The van der Waals surface area contributed by atoms with E-state index in [0.29, 0.717) is 17.3 Å². The lowest BCUT2D eigenvalue weighted by atomic mass is 10.2. The number of aryl methyl sites for hydroxylation is 1. The highest BCUT2D eigenvalue weighted by Crippen LogP contribution is 2.14. The van der Waals surface area contributed by atoms with E-state index >= 15 is 0 Å². The first-order valence-corrected chi connectivity index (χ1v) is 6.60. The summed E-state index contributed by atoms with van der Waals surface area (Å²) in [4.78, 5) is 13.7. The molecule has 2 aromatic rings. The van der Waals surface area contributed by atoms with E-state index in [0.717, 1.165) is 11.3 Å². The lowest BCUT2D eigenvalue weighted by Gasteiger charge is -2.17. The minimum atomic E-state index is -0.171. The van der Waals surface area contributed by atoms with Crippen molar-refractivity contribution in [1.29, 1.82) is 0 Å². The average Bonchev–Trinajstić information content (AvgIpc) is 2.73. The Morgan fingerprint density at radius 1 is 1.40 bits per heavy atom. The number of hydrogen-bond donors (Lipinski definition) is 1. The Balaban J connectivity index is 1.98. The third-order valence-electron chi connectivity index (χ3n) is 3.19. The summed E-state index contributed by atoms with van der Waals surface area (Å²) in [6.07, 6.45) is 1.78. The predicted octanol–water partition coefficient (Wildman–Crippen LogP) is 3.05. The van der Waals surface area contributed by atoms with Crippen LogP contribution < -0.4 is 5.32 Å². The van der Waals surface area contributed by atoms with Gasteiger partial charge in [-0.15, -0.1) is 0 Å². The van der Waals surface area contributed by atoms with Crippen molar-refractivity contribution in [3.05, 3.63) is 46.7 Å². The quantitative estimate of drug-likeness (QED) is 0.945. The maximum absolute atomic E-state index is 12.1. The number of urea groups is 1. The molecule has 20 heavy (non-hydrogen) atoms. The minimum Gasteiger partial charge on any atom is -0.323 e. The van der Waals surface area contributed by atoms with E-state index in [2.05, 4.69) is 10.4 Å². The molecule has 0 aliphatic carbocycles. The zero-order valence-electron chi connectivity index (χ0n) is 11.7. The molecule has 0 atom stereocenters. The van der Waals surface area contributed by atoms with Crippen LogP contribution in [0.5, 0.6) is 0 Å². The molecule has 2 rings (SSSR count). The lowest BCUT2D eigenvalue weighted by molar-refractivity contribution is 0.220. The first-order chi connectivity index (χ1) is 9.47. The van der Waals surface area contributed by atoms with Gasteiger partial charge in [-0.05, 0) is 31.2 Å². The monoisotopic (exact) mass is 292 g/mol. The fourth-order valence-electron chi connectivity index (χ4n) is 1.78. The molecular formula is C14H17ClN4O. The number of hydrogen-bond acceptors (Lipinski definition) is 2. The van der Waals surface area contributed by atoms with Crippen LogP contribution in [0.25, 0.3) is 0 Å². The van der Waals surface area contributed by atoms with E-state index in [1.807, 2.05) is 14.0 Å². The number of benzene rings is 1. The molecule has 0 bridgehead atoms. The molecule has 5 nitrogen and oxygen atoms in total. The van der Waals surface area contributed by atoms with Crippen LogP contribution in [0.3, 0.4) is 0 Å². The topological polar surface area (TPSA) is 50.2 Å². The molecular weight excluding hydrogens is 276 g/mol. The highest BCUT2D eigenvalue weighted by Gasteiger charge is 2.12. The van der Waals surface area contributed by atoms with Crippen LogP contribution in [-0.2, 0) is 13.6 Å². The van der Waals surface area contributed by atoms with E-state index in [9.17, 15) is 4.79 Å². The van der Waals surface area contributed by atoms with Crippen molar-refractivity contribution in [1.82, 2.24) is 14.7 Å². The summed E-state index contributed by atoms with van der Waals surface area (Å²) < 4.78 is 1.79. The molecule has 1 N–H and O–H groups in total. The summed E-state index contributed by atoms with van der Waals surface area (Å²) in [5, 5.41) is 7.62. The molecule has 0 aliphatic rings. The van der Waals surface area contributed by atoms with Gasteiger partial charge in [-0.2, -0.15) is 5.10 Å². The molecule has 106 valence electrons. The van der Waals surface area contributed by atoms with Crippen molar-refractivity contribution < 1.29 is 4.79 Å². The number of nitrogens with one attached hydrogen (secondary N) is 1. The number of amides is 2. The van der Waals surface area contributed by atoms with Crippen LogP contribution in [0.4, 0.5) is 10.5 Å². The van der Waals surface area contributed by atoms with Crippen LogP contribution in [-0.4, -0.2) is 27.8 Å². The Morgan fingerprint density at radius 3 is 2.60 bits per heavy atom. The van der Waals surface area contributed by atoms with Crippen LogP contribution in [0.1, 0.15) is 11.3 Å². The SMILES string of the molecule is Cc1c(CN(C)C(=O)Nc2ccc(Cl)cc2)cnn1C. The Morgan fingerprint density at radius 2 is 2.05 bits per heavy atom. The Hall–Kier alpha value is -2.01. The highest BCUT2D eigenvalue weighted by atomic mass is 35.5. The molecule has 0 unspecified atom stereocenters. The summed E-state index contributed by atoms with van der Waals surface area (Å²) in [5.74, 6) is 0. The number of anilines is 1. The predicted molar refractivity (Wildman–Crippen MR) is 79.9 cm³/mol. The third kappa shape index (κ3) is 3.30. The van der Waals surface area contributed by atoms with Crippen molar-refractivity contribution in [2.45, 2.75) is 13.5 Å². The van der Waals surface area contributed by atoms with Gasteiger partial charge in [-0.25, -0.2) is 4.79 Å². The molecule has 1 aromatic heterocycles. The van der Waals surface area contributed by atoms with Gasteiger partial charge in [-0.3, -0.25) is 4.68 Å². The summed E-state index contributed by atoms with van der Waals surface area (Å²) in [6.45, 7) is 2.49. The standard InChI is InChI=1S/C14H17ClN4O/c1-10-11(8-16-19(10)3)9-18(2)14(20)17-13-6-4-12(15)5-7-13/h4-8H,9H2,1-3H3,(H,17,20). The van der Waals surface area contributed by atoms with Crippen molar-refractivity contribution >= 4 is 23.3 Å². The third-order valence-corrected chi connectivity index (χ3v) is 3.44. The average molecular weight is 293 g/mol. The Bertz CT molecular complexity index is 606. The number of halogens is 1. The molecule has 6 heteroatoms. The second kappa shape index (κ2) is 5.96. The van der Waals surface area contributed by atoms with E-state index in [-0.39, 0.29) is 6.03 Å². The second-order valence-electron chi connectivity index (χ2n) is 4.67. The fraction of sp³-hybridized carbons (Fsp3) is 0.286. The summed E-state index contributed by atoms with van der Waals surface area (Å²) in [6, 6.07) is 6.84. The van der Waals surface area contributed by atoms with Gasteiger partial charge in [0.2, 0.25) is 0 Å². The largest absolute Gasteiger partial charge is 0.323 e. The number of carbonyl (C=O) groups is 1. The minimum absolute atomic E-state index is 0.171. The van der Waals surface area contributed by atoms with Gasteiger partial charge >= 0.3 is 6.03 Å². The maximum atomic E-state index is 12.1. The molecule has 2 amide bonds. The van der Waals surface area contributed by atoms with Gasteiger partial charge in [0.15, 0.2) is 0 Å². The molecule has 0 fully saturated rings. The van der Waals surface area contributed by atoms with Gasteiger partial charge in [0.25, 0.3) is 0 Å². The van der Waals surface area contributed by atoms with Gasteiger partial charge in [0.05, 0.1) is 12.7 Å². The maximum Gasteiger partial charge on any atom is 0.321 e. The number of nitrogens with zero attached hydrogens (tertiary/aromatic N) is 3. The molecule has 0 saturated carbocycles. The molecule has 1 heterocycles. The van der Waals surface area contributed by atoms with Gasteiger partial charge < -0.3 is 10.2 Å². The number of carbonyl (C=O) groups excluding carboxylic acids is 1. The van der Waals surface area contributed by atoms with Crippen LogP contribution in [0.15, 0.2) is 30.5 Å². The molecule has 0 saturated heterocycles. The first kappa shape index (κ1) is 14.4. The number of aromatic nitrogens is 2. The van der Waals surface area contributed by atoms with Crippen LogP contribution >= 0.6 is 11.6 Å². The smallest absolute Gasteiger partial charge is 0.321 e. The van der Waals surface area contributed by atoms with Gasteiger partial charge in [0.1, 0.15) is 0 Å². The summed E-state index contributed by atoms with van der Waals surface area (Å²) in [7, 11) is 3.63. The van der Waals surface area contributed by atoms with E-state index in [4.69, 9.17) is 11.6 Å². The van der Waals surface area contributed by atoms with Gasteiger partial charge in [0, 0.05) is 36.1 Å². The van der Waals surface area contributed by atoms with Crippen LogP contribution in [0.2, 0.25) is 5.02 Å². The van der Waals surface area contributed by atoms with E-state index in [1.165, 1.54) is 0 Å². The van der Waals surface area contributed by atoms with Gasteiger partial charge in [-0.1, -0.05) is 11.6 Å². The molecule has 0 aliphatic heterocycles. The summed E-state index contributed by atoms with van der Waals surface area (Å²) in [5.41, 5.74) is 2.80. The Kier molecular flexibility index (Phi) is 4.29. The number of rotatable bonds is 3. The van der Waals surface area contributed by atoms with Crippen molar-refractivity contribution in [3.63, 3.8) is 0 Å². The molecule has 1 aromatic carbocycles. The molecule has 0 radical (unpaired) electrons. The van der Waals surface area contributed by atoms with Crippen molar-refractivity contribution in [2.75, 3.05) is 12.4 Å². The van der Waals surface area contributed by atoms with Crippen molar-refractivity contribution in [3.8, 4) is 0 Å². The zero-order chi connectivity index (χ0) is 14.7. The lowest BCUT2D eigenvalue weighted by Crippen LogP contribution is -2.30. The summed E-state index contributed by atoms with van der Waals surface area (Å²) >= 11 is 5.81.